The summed E-state index contributed by atoms with van der Waals surface area (Å²) in [6.45, 7) is 0.791. The van der Waals surface area contributed by atoms with Gasteiger partial charge in [0.2, 0.25) is 0 Å². The predicted molar refractivity (Wildman–Crippen MR) is 70.8 cm³/mol. The predicted octanol–water partition coefficient (Wildman–Crippen LogP) is 3.22. The zero-order chi connectivity index (χ0) is 11.8. The van der Waals surface area contributed by atoms with Crippen LogP contribution in [0.4, 0.5) is 0 Å². The number of amidine groups is 1. The SMILES string of the molecule is ClC1=NC=CN2CC(c3ccc(Cl)cc3)N=C12. The Balaban J connectivity index is 1.91. The molecule has 2 heterocycles. The minimum absolute atomic E-state index is 0.0916. The van der Waals surface area contributed by atoms with Gasteiger partial charge in [-0.25, -0.2) is 4.99 Å². The van der Waals surface area contributed by atoms with Gasteiger partial charge in [-0.15, -0.1) is 0 Å². The minimum Gasteiger partial charge on any atom is -0.327 e. The summed E-state index contributed by atoms with van der Waals surface area (Å²) in [6.07, 6.45) is 3.58. The molecule has 17 heavy (non-hydrogen) atoms. The summed E-state index contributed by atoms with van der Waals surface area (Å²) in [4.78, 5) is 10.6. The van der Waals surface area contributed by atoms with Crippen LogP contribution < -0.4 is 0 Å². The van der Waals surface area contributed by atoms with Crippen molar-refractivity contribution in [1.29, 1.82) is 0 Å². The van der Waals surface area contributed by atoms with Gasteiger partial charge in [-0.2, -0.15) is 0 Å². The van der Waals surface area contributed by atoms with E-state index in [2.05, 4.69) is 9.98 Å². The molecule has 1 unspecified atom stereocenters. The molecule has 0 N–H and O–H groups in total. The molecule has 5 heteroatoms. The van der Waals surface area contributed by atoms with Crippen LogP contribution in [0.25, 0.3) is 0 Å². The molecule has 0 aliphatic carbocycles. The highest BCUT2D eigenvalue weighted by Gasteiger charge is 2.28. The van der Waals surface area contributed by atoms with Gasteiger partial charge in [-0.1, -0.05) is 35.3 Å². The Morgan fingerprint density at radius 2 is 1.94 bits per heavy atom. The van der Waals surface area contributed by atoms with E-state index in [1.54, 1.807) is 6.20 Å². The molecule has 0 radical (unpaired) electrons. The lowest BCUT2D eigenvalue weighted by Crippen LogP contribution is -2.28. The summed E-state index contributed by atoms with van der Waals surface area (Å²) in [5.41, 5.74) is 1.13. The Bertz CT molecular complexity index is 531. The maximum atomic E-state index is 6.00. The summed E-state index contributed by atoms with van der Waals surface area (Å²) in [7, 11) is 0. The van der Waals surface area contributed by atoms with E-state index in [4.69, 9.17) is 23.2 Å². The molecule has 0 fully saturated rings. The van der Waals surface area contributed by atoms with Crippen molar-refractivity contribution in [3.63, 3.8) is 0 Å². The zero-order valence-electron chi connectivity index (χ0n) is 8.85. The van der Waals surface area contributed by atoms with Gasteiger partial charge in [0.05, 0.1) is 12.6 Å². The Morgan fingerprint density at radius 3 is 2.65 bits per heavy atom. The van der Waals surface area contributed by atoms with E-state index in [0.29, 0.717) is 5.17 Å². The van der Waals surface area contributed by atoms with Gasteiger partial charge in [0, 0.05) is 17.4 Å². The summed E-state index contributed by atoms with van der Waals surface area (Å²) in [5, 5.41) is 1.18. The van der Waals surface area contributed by atoms with Crippen LogP contribution in [0.3, 0.4) is 0 Å². The van der Waals surface area contributed by atoms with Crippen molar-refractivity contribution in [3.8, 4) is 0 Å². The topological polar surface area (TPSA) is 28.0 Å². The molecule has 1 atom stereocenters. The van der Waals surface area contributed by atoms with Crippen molar-refractivity contribution in [2.24, 2.45) is 9.98 Å². The van der Waals surface area contributed by atoms with Crippen LogP contribution in [0.2, 0.25) is 5.02 Å². The lowest BCUT2D eigenvalue weighted by molar-refractivity contribution is 0.551. The molecule has 0 aromatic heterocycles. The van der Waals surface area contributed by atoms with Crippen LogP contribution in [0.15, 0.2) is 46.7 Å². The number of aliphatic imine (C=N–C) groups is 2. The van der Waals surface area contributed by atoms with Crippen molar-refractivity contribution in [2.75, 3.05) is 6.54 Å². The Labute approximate surface area is 109 Å². The average Bonchev–Trinajstić information content (AvgIpc) is 2.75. The number of hydrogen-bond acceptors (Lipinski definition) is 3. The second-order valence-corrected chi connectivity index (χ2v) is 4.68. The summed E-state index contributed by atoms with van der Waals surface area (Å²) in [6, 6.07) is 7.82. The third-order valence-corrected chi connectivity index (χ3v) is 3.31. The van der Waals surface area contributed by atoms with E-state index in [-0.39, 0.29) is 6.04 Å². The van der Waals surface area contributed by atoms with Crippen LogP contribution in [0, 0.1) is 0 Å². The molecule has 86 valence electrons. The second-order valence-electron chi connectivity index (χ2n) is 3.89. The molecule has 2 aliphatic rings. The van der Waals surface area contributed by atoms with Crippen molar-refractivity contribution in [1.82, 2.24) is 4.90 Å². The highest BCUT2D eigenvalue weighted by Crippen LogP contribution is 2.28. The largest absolute Gasteiger partial charge is 0.327 e. The number of rotatable bonds is 1. The molecular weight excluding hydrogens is 257 g/mol. The van der Waals surface area contributed by atoms with Crippen LogP contribution in [-0.4, -0.2) is 22.5 Å². The van der Waals surface area contributed by atoms with Crippen LogP contribution in [-0.2, 0) is 0 Å². The number of hydrogen-bond donors (Lipinski definition) is 0. The van der Waals surface area contributed by atoms with E-state index < -0.39 is 0 Å². The number of halogens is 2. The third-order valence-electron chi connectivity index (χ3n) is 2.79. The fraction of sp³-hybridized carbons (Fsp3) is 0.167. The molecule has 1 aromatic rings. The first-order chi connectivity index (χ1) is 8.24. The quantitative estimate of drug-likeness (QED) is 0.767. The zero-order valence-corrected chi connectivity index (χ0v) is 10.4. The normalized spacial score (nSPS) is 22.2. The average molecular weight is 266 g/mol. The molecule has 1 aromatic carbocycles. The van der Waals surface area contributed by atoms with Crippen LogP contribution >= 0.6 is 23.2 Å². The fourth-order valence-electron chi connectivity index (χ4n) is 1.94. The molecule has 0 bridgehead atoms. The number of nitrogens with zero attached hydrogens (tertiary/aromatic N) is 3. The third kappa shape index (κ3) is 1.96. The van der Waals surface area contributed by atoms with E-state index >= 15 is 0 Å². The molecule has 3 nitrogen and oxygen atoms in total. The van der Waals surface area contributed by atoms with E-state index in [0.717, 1.165) is 23.0 Å². The minimum atomic E-state index is 0.0916. The van der Waals surface area contributed by atoms with Gasteiger partial charge < -0.3 is 4.90 Å². The maximum Gasteiger partial charge on any atom is 0.171 e. The van der Waals surface area contributed by atoms with Crippen molar-refractivity contribution < 1.29 is 0 Å². The van der Waals surface area contributed by atoms with Gasteiger partial charge in [0.15, 0.2) is 11.0 Å². The Morgan fingerprint density at radius 1 is 1.18 bits per heavy atom. The van der Waals surface area contributed by atoms with Crippen molar-refractivity contribution in [3.05, 3.63) is 47.3 Å². The van der Waals surface area contributed by atoms with E-state index in [1.165, 1.54) is 0 Å². The monoisotopic (exact) mass is 265 g/mol. The Hall–Kier alpha value is -1.32. The van der Waals surface area contributed by atoms with Crippen molar-refractivity contribution >= 4 is 34.2 Å². The lowest BCUT2D eigenvalue weighted by Gasteiger charge is -2.17. The van der Waals surface area contributed by atoms with E-state index in [9.17, 15) is 0 Å². The highest BCUT2D eigenvalue weighted by molar-refractivity contribution is 6.83. The first kappa shape index (κ1) is 10.8. The molecule has 0 spiro atoms. The van der Waals surface area contributed by atoms with Crippen LogP contribution in [0.5, 0.6) is 0 Å². The number of benzene rings is 1. The number of fused-ring (bicyclic) bond motifs is 1. The lowest BCUT2D eigenvalue weighted by atomic mass is 10.1. The van der Waals surface area contributed by atoms with Gasteiger partial charge in [-0.05, 0) is 17.7 Å². The summed E-state index contributed by atoms with van der Waals surface area (Å²) < 4.78 is 0. The first-order valence-electron chi connectivity index (χ1n) is 5.24. The Kier molecular flexibility index (Phi) is 2.65. The standard InChI is InChI=1S/C12H9Cl2N3/c13-9-3-1-8(2-4-9)10-7-17-6-5-15-11(14)12(17)16-10/h1-6,10H,7H2. The molecule has 0 saturated carbocycles. The smallest absolute Gasteiger partial charge is 0.171 e. The van der Waals surface area contributed by atoms with E-state index in [1.807, 2.05) is 35.4 Å². The van der Waals surface area contributed by atoms with Crippen LogP contribution in [0.1, 0.15) is 11.6 Å². The highest BCUT2D eigenvalue weighted by atomic mass is 35.5. The van der Waals surface area contributed by atoms with Gasteiger partial charge in [0.25, 0.3) is 0 Å². The van der Waals surface area contributed by atoms with Crippen molar-refractivity contribution in [2.45, 2.75) is 6.04 Å². The molecular formula is C12H9Cl2N3. The maximum absolute atomic E-state index is 6.00. The second kappa shape index (κ2) is 4.17. The fourth-order valence-corrected chi connectivity index (χ4v) is 2.28. The van der Waals surface area contributed by atoms with Gasteiger partial charge in [0.1, 0.15) is 0 Å². The molecule has 0 saturated heterocycles. The molecule has 3 rings (SSSR count). The molecule has 0 amide bonds. The molecule has 2 aliphatic heterocycles. The first-order valence-corrected chi connectivity index (χ1v) is 6.00. The summed E-state index contributed by atoms with van der Waals surface area (Å²) >= 11 is 11.9. The summed E-state index contributed by atoms with van der Waals surface area (Å²) in [5.74, 6) is 0.745. The van der Waals surface area contributed by atoms with Gasteiger partial charge in [-0.3, -0.25) is 4.99 Å². The van der Waals surface area contributed by atoms with Gasteiger partial charge >= 0.3 is 0 Å².